The Hall–Kier alpha value is -1.26. The first kappa shape index (κ1) is 17.1. The highest BCUT2D eigenvalue weighted by molar-refractivity contribution is 6.40. The van der Waals surface area contributed by atoms with Crippen molar-refractivity contribution in [2.45, 2.75) is 39.5 Å². The zero-order valence-electron chi connectivity index (χ0n) is 12.9. The highest BCUT2D eigenvalue weighted by Gasteiger charge is 2.12. The molecule has 1 aromatic heterocycles. The van der Waals surface area contributed by atoms with Gasteiger partial charge in [-0.3, -0.25) is 0 Å². The maximum atomic E-state index is 5.93. The van der Waals surface area contributed by atoms with Crippen LogP contribution in [0.1, 0.15) is 39.5 Å². The molecule has 1 heterocycles. The summed E-state index contributed by atoms with van der Waals surface area (Å²) in [5.74, 6) is 1.34. The van der Waals surface area contributed by atoms with Crippen LogP contribution in [-0.2, 0) is 0 Å². The van der Waals surface area contributed by atoms with E-state index in [9.17, 15) is 0 Å². The Labute approximate surface area is 140 Å². The average molecular weight is 343 g/mol. The molecule has 22 heavy (non-hydrogen) atoms. The minimum atomic E-state index is 0.188. The topological polar surface area (TPSA) is 44.2 Å². The molecule has 2 rings (SSSR count). The first-order valence-electron chi connectivity index (χ1n) is 7.58. The number of hydrogen-bond acceptors (Lipinski definition) is 4. The van der Waals surface area contributed by atoms with Crippen LogP contribution >= 0.6 is 23.2 Å². The van der Waals surface area contributed by atoms with Crippen LogP contribution in [0.25, 0.3) is 11.0 Å². The van der Waals surface area contributed by atoms with Crippen LogP contribution < -0.4 is 9.47 Å². The van der Waals surface area contributed by atoms with Crippen molar-refractivity contribution in [3.05, 3.63) is 22.4 Å². The van der Waals surface area contributed by atoms with Gasteiger partial charge in [0.1, 0.15) is 0 Å². The van der Waals surface area contributed by atoms with Gasteiger partial charge in [0, 0.05) is 12.1 Å². The van der Waals surface area contributed by atoms with Crippen LogP contribution in [0.4, 0.5) is 0 Å². The third kappa shape index (κ3) is 4.37. The van der Waals surface area contributed by atoms with Crippen LogP contribution in [-0.4, -0.2) is 23.2 Å². The van der Waals surface area contributed by atoms with Crippen LogP contribution in [0.3, 0.4) is 0 Å². The van der Waals surface area contributed by atoms with Gasteiger partial charge in [0.05, 0.1) is 24.2 Å². The van der Waals surface area contributed by atoms with E-state index in [4.69, 9.17) is 32.7 Å². The van der Waals surface area contributed by atoms with E-state index in [0.29, 0.717) is 35.7 Å². The third-order valence-electron chi connectivity index (χ3n) is 3.16. The van der Waals surface area contributed by atoms with E-state index in [-0.39, 0.29) is 10.3 Å². The Balaban J connectivity index is 2.33. The molecule has 0 amide bonds. The molecule has 0 fully saturated rings. The fraction of sp³-hybridized carbons (Fsp3) is 0.500. The number of unbranched alkanes of at least 4 members (excludes halogenated alkanes) is 2. The van der Waals surface area contributed by atoms with Crippen LogP contribution in [0, 0.1) is 0 Å². The van der Waals surface area contributed by atoms with Gasteiger partial charge in [-0.25, -0.2) is 9.97 Å². The Morgan fingerprint density at radius 3 is 1.59 bits per heavy atom. The molecule has 0 aliphatic heterocycles. The van der Waals surface area contributed by atoms with Crippen molar-refractivity contribution >= 4 is 34.2 Å². The highest BCUT2D eigenvalue weighted by atomic mass is 35.5. The molecule has 0 saturated carbocycles. The Kier molecular flexibility index (Phi) is 6.52. The summed E-state index contributed by atoms with van der Waals surface area (Å²) in [6.07, 6.45) is 4.11. The number of benzene rings is 1. The SMILES string of the molecule is CCCCOc1cc2nc(Cl)c(Cl)nc2cc1OCCCC. The van der Waals surface area contributed by atoms with Gasteiger partial charge < -0.3 is 9.47 Å². The van der Waals surface area contributed by atoms with E-state index in [1.807, 2.05) is 12.1 Å². The van der Waals surface area contributed by atoms with E-state index in [0.717, 1.165) is 25.7 Å². The van der Waals surface area contributed by atoms with Gasteiger partial charge >= 0.3 is 0 Å². The van der Waals surface area contributed by atoms with Crippen molar-refractivity contribution in [1.82, 2.24) is 9.97 Å². The van der Waals surface area contributed by atoms with Gasteiger partial charge in [-0.2, -0.15) is 0 Å². The normalized spacial score (nSPS) is 10.9. The fourth-order valence-electron chi connectivity index (χ4n) is 1.90. The van der Waals surface area contributed by atoms with Crippen molar-refractivity contribution in [2.75, 3.05) is 13.2 Å². The molecular weight excluding hydrogens is 323 g/mol. The summed E-state index contributed by atoms with van der Waals surface area (Å²) in [7, 11) is 0. The number of hydrogen-bond donors (Lipinski definition) is 0. The molecule has 6 heteroatoms. The van der Waals surface area contributed by atoms with Gasteiger partial charge in [-0.15, -0.1) is 0 Å². The Morgan fingerprint density at radius 1 is 0.818 bits per heavy atom. The van der Waals surface area contributed by atoms with E-state index in [2.05, 4.69) is 23.8 Å². The molecule has 0 unspecified atom stereocenters. The average Bonchev–Trinajstić information content (AvgIpc) is 2.50. The molecule has 0 radical (unpaired) electrons. The minimum absolute atomic E-state index is 0.188. The van der Waals surface area contributed by atoms with Crippen molar-refractivity contribution in [3.63, 3.8) is 0 Å². The summed E-state index contributed by atoms with van der Waals surface area (Å²) in [4.78, 5) is 8.47. The number of rotatable bonds is 8. The van der Waals surface area contributed by atoms with E-state index < -0.39 is 0 Å². The predicted molar refractivity (Wildman–Crippen MR) is 90.4 cm³/mol. The highest BCUT2D eigenvalue weighted by Crippen LogP contribution is 2.33. The smallest absolute Gasteiger partial charge is 0.167 e. The van der Waals surface area contributed by atoms with Gasteiger partial charge in [0.15, 0.2) is 21.8 Å². The molecule has 0 aliphatic carbocycles. The molecule has 4 nitrogen and oxygen atoms in total. The second-order valence-corrected chi connectivity index (χ2v) is 5.71. The van der Waals surface area contributed by atoms with Gasteiger partial charge in [0.25, 0.3) is 0 Å². The molecule has 0 saturated heterocycles. The Bertz CT molecular complexity index is 581. The lowest BCUT2D eigenvalue weighted by Gasteiger charge is -2.13. The molecule has 0 spiro atoms. The van der Waals surface area contributed by atoms with Crippen molar-refractivity contribution in [1.29, 1.82) is 0 Å². The maximum absolute atomic E-state index is 5.93. The van der Waals surface area contributed by atoms with Crippen LogP contribution in [0.15, 0.2) is 12.1 Å². The third-order valence-corrected chi connectivity index (χ3v) is 3.78. The van der Waals surface area contributed by atoms with E-state index in [1.54, 1.807) is 0 Å². The zero-order chi connectivity index (χ0) is 15.9. The number of ether oxygens (including phenoxy) is 2. The number of nitrogens with zero attached hydrogens (tertiary/aromatic N) is 2. The first-order valence-corrected chi connectivity index (χ1v) is 8.33. The van der Waals surface area contributed by atoms with Gasteiger partial charge in [0.2, 0.25) is 0 Å². The summed E-state index contributed by atoms with van der Waals surface area (Å²) in [5, 5.41) is 0.377. The van der Waals surface area contributed by atoms with Crippen molar-refractivity contribution in [3.8, 4) is 11.5 Å². The largest absolute Gasteiger partial charge is 0.490 e. The second kappa shape index (κ2) is 8.39. The molecule has 120 valence electrons. The van der Waals surface area contributed by atoms with E-state index >= 15 is 0 Å². The summed E-state index contributed by atoms with van der Waals surface area (Å²) in [5.41, 5.74) is 1.28. The summed E-state index contributed by atoms with van der Waals surface area (Å²) < 4.78 is 11.6. The van der Waals surface area contributed by atoms with E-state index in [1.165, 1.54) is 0 Å². The van der Waals surface area contributed by atoms with Crippen LogP contribution in [0.2, 0.25) is 10.3 Å². The molecule has 1 aromatic carbocycles. The quantitative estimate of drug-likeness (QED) is 0.611. The molecule has 0 bridgehead atoms. The lowest BCUT2D eigenvalue weighted by Crippen LogP contribution is -2.03. The predicted octanol–water partition coefficient (Wildman–Crippen LogP) is 5.29. The Morgan fingerprint density at radius 2 is 1.23 bits per heavy atom. The lowest BCUT2D eigenvalue weighted by atomic mass is 10.2. The first-order chi connectivity index (χ1) is 10.7. The monoisotopic (exact) mass is 342 g/mol. The summed E-state index contributed by atoms with van der Waals surface area (Å²) >= 11 is 11.9. The number of aromatic nitrogens is 2. The lowest BCUT2D eigenvalue weighted by molar-refractivity contribution is 0.262. The van der Waals surface area contributed by atoms with Gasteiger partial charge in [-0.05, 0) is 12.8 Å². The van der Waals surface area contributed by atoms with Crippen molar-refractivity contribution in [2.24, 2.45) is 0 Å². The van der Waals surface area contributed by atoms with Crippen molar-refractivity contribution < 1.29 is 9.47 Å². The second-order valence-electron chi connectivity index (χ2n) is 5.00. The molecular formula is C16H20Cl2N2O2. The molecule has 0 aliphatic rings. The minimum Gasteiger partial charge on any atom is -0.490 e. The van der Waals surface area contributed by atoms with Gasteiger partial charge in [-0.1, -0.05) is 49.9 Å². The maximum Gasteiger partial charge on any atom is 0.167 e. The summed E-state index contributed by atoms with van der Waals surface area (Å²) in [6.45, 7) is 5.52. The number of halogens is 2. The molecule has 0 atom stereocenters. The standard InChI is InChI=1S/C16H20Cl2N2O2/c1-3-5-7-21-13-9-11-12(20-16(18)15(17)19-11)10-14(13)22-8-6-4-2/h9-10H,3-8H2,1-2H3. The molecule has 2 aromatic rings. The zero-order valence-corrected chi connectivity index (χ0v) is 14.4. The molecule has 0 N–H and O–H groups in total. The van der Waals surface area contributed by atoms with Crippen LogP contribution in [0.5, 0.6) is 11.5 Å². The number of fused-ring (bicyclic) bond motifs is 1. The summed E-state index contributed by atoms with van der Waals surface area (Å²) in [6, 6.07) is 3.61. The fourth-order valence-corrected chi connectivity index (χ4v) is 2.17.